The van der Waals surface area contributed by atoms with Crippen molar-refractivity contribution >= 4 is 5.91 Å². The Kier molecular flexibility index (Phi) is 8.19. The number of hydrazine groups is 1. The van der Waals surface area contributed by atoms with Gasteiger partial charge in [0.2, 0.25) is 5.91 Å². The lowest BCUT2D eigenvalue weighted by atomic mass is 9.93. The Morgan fingerprint density at radius 2 is 1.71 bits per heavy atom. The smallest absolute Gasteiger partial charge is 0.229 e. The molecule has 5 rings (SSSR count). The molecule has 7 atom stereocenters. The number of alkyl halides is 2. The minimum atomic E-state index is -1.08. The van der Waals surface area contributed by atoms with Crippen molar-refractivity contribution in [3.8, 4) is 0 Å². The van der Waals surface area contributed by atoms with Crippen LogP contribution in [0, 0.1) is 5.92 Å². The molecule has 10 nitrogen and oxygen atoms in total. The van der Waals surface area contributed by atoms with E-state index in [0.29, 0.717) is 12.6 Å². The summed E-state index contributed by atoms with van der Waals surface area (Å²) in [5.74, 6) is -0.814. The minimum absolute atomic E-state index is 0.184. The molecule has 5 aliphatic rings. The third kappa shape index (κ3) is 5.80. The van der Waals surface area contributed by atoms with Crippen LogP contribution in [0.2, 0.25) is 0 Å². The second-order valence-corrected chi connectivity index (χ2v) is 10.9. The maximum atomic E-state index is 15.2. The normalized spacial score (nSPS) is 41.1. The van der Waals surface area contributed by atoms with Gasteiger partial charge in [-0.3, -0.25) is 15.0 Å². The van der Waals surface area contributed by atoms with E-state index in [1.807, 2.05) is 0 Å². The number of nitrogens with one attached hydrogen (secondary N) is 4. The van der Waals surface area contributed by atoms with Crippen LogP contribution in [0.25, 0.3) is 0 Å². The number of fused-ring (bicyclic) bond motifs is 1. The molecular weight excluding hydrogens is 458 g/mol. The summed E-state index contributed by atoms with van der Waals surface area (Å²) < 4.78 is 35.4. The highest BCUT2D eigenvalue weighted by Gasteiger charge is 2.48. The predicted molar refractivity (Wildman–Crippen MR) is 128 cm³/mol. The average Bonchev–Trinajstić information content (AvgIpc) is 3.16. The highest BCUT2D eigenvalue weighted by molar-refractivity contribution is 5.81. The van der Waals surface area contributed by atoms with E-state index in [1.54, 1.807) is 5.01 Å². The molecule has 5 aliphatic heterocycles. The number of piperidine rings is 3. The van der Waals surface area contributed by atoms with Gasteiger partial charge in [0.05, 0.1) is 42.5 Å². The molecule has 12 heteroatoms. The molecule has 5 heterocycles. The van der Waals surface area contributed by atoms with E-state index in [2.05, 4.69) is 38.2 Å². The number of rotatable bonds is 5. The number of hydrogen-bond acceptors (Lipinski definition) is 9. The SMILES string of the molecule is CN1CCC(OC2CCN(C3C(F)CNCC3NC(=O)C3C(N)NN4CC(F)CNC34)CC2)CC1. The summed E-state index contributed by atoms with van der Waals surface area (Å²) in [5, 5.41) is 11.0. The summed E-state index contributed by atoms with van der Waals surface area (Å²) in [6.07, 6.45) is 1.36. The van der Waals surface area contributed by atoms with E-state index in [9.17, 15) is 9.18 Å². The van der Waals surface area contributed by atoms with Crippen molar-refractivity contribution in [1.82, 2.24) is 36.2 Å². The Morgan fingerprint density at radius 3 is 2.43 bits per heavy atom. The van der Waals surface area contributed by atoms with Gasteiger partial charge in [-0.15, -0.1) is 0 Å². The molecule has 0 aromatic rings. The lowest BCUT2D eigenvalue weighted by Crippen LogP contribution is -2.67. The standard InChI is InChI=1S/C23H42F2N8O2/c1-31-6-2-15(3-7-31)35-16-4-8-32(9-5-16)20-17(25)11-27-12-18(20)29-23(34)19-21(26)30-33-13-14(24)10-28-22(19)33/h14-22,27-28,30H,2-13,26H2,1H3,(H,29,34). The molecule has 200 valence electrons. The van der Waals surface area contributed by atoms with Crippen LogP contribution in [0.3, 0.4) is 0 Å². The second kappa shape index (κ2) is 11.2. The number of hydrogen-bond donors (Lipinski definition) is 5. The fourth-order valence-electron chi connectivity index (χ4n) is 6.45. The fraction of sp³-hybridized carbons (Fsp3) is 0.957. The van der Waals surface area contributed by atoms with E-state index in [0.717, 1.165) is 51.9 Å². The molecule has 0 aromatic heterocycles. The lowest BCUT2D eigenvalue weighted by molar-refractivity contribution is -0.129. The zero-order chi connectivity index (χ0) is 24.5. The van der Waals surface area contributed by atoms with Crippen LogP contribution in [0.15, 0.2) is 0 Å². The monoisotopic (exact) mass is 500 g/mol. The Labute approximate surface area is 206 Å². The summed E-state index contributed by atoms with van der Waals surface area (Å²) in [6.45, 7) is 4.83. The van der Waals surface area contributed by atoms with Crippen molar-refractivity contribution in [2.75, 3.05) is 59.4 Å². The zero-order valence-corrected chi connectivity index (χ0v) is 20.7. The van der Waals surface area contributed by atoms with Crippen LogP contribution in [0.5, 0.6) is 0 Å². The van der Waals surface area contributed by atoms with Crippen molar-refractivity contribution in [2.45, 2.75) is 74.6 Å². The lowest BCUT2D eigenvalue weighted by Gasteiger charge is -2.45. The maximum Gasteiger partial charge on any atom is 0.229 e. The van der Waals surface area contributed by atoms with E-state index >= 15 is 4.39 Å². The summed E-state index contributed by atoms with van der Waals surface area (Å²) in [7, 11) is 2.15. The topological polar surface area (TPSA) is 110 Å². The minimum Gasteiger partial charge on any atom is -0.375 e. The van der Waals surface area contributed by atoms with Crippen LogP contribution < -0.4 is 27.1 Å². The van der Waals surface area contributed by atoms with Crippen molar-refractivity contribution in [3.05, 3.63) is 0 Å². The molecule has 1 amide bonds. The van der Waals surface area contributed by atoms with Crippen LogP contribution in [-0.2, 0) is 9.53 Å². The number of likely N-dealkylation sites (tertiary alicyclic amines) is 2. The highest BCUT2D eigenvalue weighted by atomic mass is 19.1. The number of nitrogens with two attached hydrogens (primary N) is 1. The number of amides is 1. The third-order valence-electron chi connectivity index (χ3n) is 8.39. The third-order valence-corrected chi connectivity index (χ3v) is 8.39. The summed E-state index contributed by atoms with van der Waals surface area (Å²) in [5.41, 5.74) is 9.21. The molecule has 0 bridgehead atoms. The molecule has 0 saturated carbocycles. The first kappa shape index (κ1) is 25.7. The van der Waals surface area contributed by atoms with Gasteiger partial charge in [-0.2, -0.15) is 0 Å². The van der Waals surface area contributed by atoms with Crippen LogP contribution in [0.4, 0.5) is 8.78 Å². The van der Waals surface area contributed by atoms with E-state index in [-0.39, 0.29) is 49.9 Å². The van der Waals surface area contributed by atoms with Crippen molar-refractivity contribution in [3.63, 3.8) is 0 Å². The van der Waals surface area contributed by atoms with E-state index < -0.39 is 24.4 Å². The Morgan fingerprint density at radius 1 is 1.03 bits per heavy atom. The van der Waals surface area contributed by atoms with Crippen molar-refractivity contribution in [2.24, 2.45) is 11.7 Å². The summed E-state index contributed by atoms with van der Waals surface area (Å²) >= 11 is 0. The van der Waals surface area contributed by atoms with E-state index in [1.165, 1.54) is 0 Å². The molecule has 5 fully saturated rings. The van der Waals surface area contributed by atoms with Gasteiger partial charge in [0.25, 0.3) is 0 Å². The highest BCUT2D eigenvalue weighted by Crippen LogP contribution is 2.26. The van der Waals surface area contributed by atoms with Gasteiger partial charge in [-0.05, 0) is 32.7 Å². The van der Waals surface area contributed by atoms with Gasteiger partial charge in [0.1, 0.15) is 12.3 Å². The predicted octanol–water partition coefficient (Wildman–Crippen LogP) is -1.66. The van der Waals surface area contributed by atoms with Crippen LogP contribution >= 0.6 is 0 Å². The van der Waals surface area contributed by atoms with Crippen LogP contribution in [-0.4, -0.2) is 129 Å². The first-order chi connectivity index (χ1) is 16.9. The number of carbonyl (C=O) groups is 1. The van der Waals surface area contributed by atoms with Gasteiger partial charge >= 0.3 is 0 Å². The maximum absolute atomic E-state index is 15.2. The molecule has 0 spiro atoms. The molecule has 0 aromatic carbocycles. The molecule has 6 N–H and O–H groups in total. The Bertz CT molecular complexity index is 722. The first-order valence-electron chi connectivity index (χ1n) is 13.3. The van der Waals surface area contributed by atoms with Crippen molar-refractivity contribution < 1.29 is 18.3 Å². The van der Waals surface area contributed by atoms with Crippen molar-refractivity contribution in [1.29, 1.82) is 0 Å². The molecule has 35 heavy (non-hydrogen) atoms. The van der Waals surface area contributed by atoms with Gasteiger partial charge < -0.3 is 26.0 Å². The quantitative estimate of drug-likeness (QED) is 0.303. The molecular formula is C23H42F2N8O2. The summed E-state index contributed by atoms with van der Waals surface area (Å²) in [4.78, 5) is 17.8. The number of ether oxygens (including phenoxy) is 1. The fourth-order valence-corrected chi connectivity index (χ4v) is 6.45. The van der Waals surface area contributed by atoms with Crippen LogP contribution in [0.1, 0.15) is 25.7 Å². The molecule has 0 radical (unpaired) electrons. The number of carbonyl (C=O) groups excluding carboxylic acids is 1. The Hall–Kier alpha value is -0.990. The molecule has 7 unspecified atom stereocenters. The molecule has 5 saturated heterocycles. The Balaban J connectivity index is 1.16. The zero-order valence-electron chi connectivity index (χ0n) is 20.7. The number of halogens is 2. The average molecular weight is 501 g/mol. The van der Waals surface area contributed by atoms with Gasteiger partial charge in [0, 0.05) is 52.4 Å². The number of nitrogens with zero attached hydrogens (tertiary/aromatic N) is 3. The second-order valence-electron chi connectivity index (χ2n) is 10.9. The van der Waals surface area contributed by atoms with Gasteiger partial charge in [0.15, 0.2) is 0 Å². The largest absolute Gasteiger partial charge is 0.375 e. The molecule has 0 aliphatic carbocycles. The van der Waals surface area contributed by atoms with Gasteiger partial charge in [-0.25, -0.2) is 19.2 Å². The summed E-state index contributed by atoms with van der Waals surface area (Å²) in [6, 6.07) is -0.753. The van der Waals surface area contributed by atoms with Gasteiger partial charge in [-0.1, -0.05) is 0 Å². The van der Waals surface area contributed by atoms with E-state index in [4.69, 9.17) is 10.5 Å². The first-order valence-corrected chi connectivity index (χ1v) is 13.3.